The van der Waals surface area contributed by atoms with Crippen LogP contribution in [0.3, 0.4) is 0 Å². The van der Waals surface area contributed by atoms with Crippen LogP contribution in [-0.4, -0.2) is 22.1 Å². The summed E-state index contributed by atoms with van der Waals surface area (Å²) in [6.07, 6.45) is 0.947. The van der Waals surface area contributed by atoms with Crippen LogP contribution in [0.1, 0.15) is 12.8 Å². The van der Waals surface area contributed by atoms with Crippen LogP contribution in [0.15, 0.2) is 11.8 Å². The SMILES string of the molecule is O=C1C=C(O)CCC1O. The van der Waals surface area contributed by atoms with E-state index in [2.05, 4.69) is 0 Å². The Morgan fingerprint density at radius 1 is 1.67 bits per heavy atom. The molecule has 0 heterocycles. The second-order valence-electron chi connectivity index (χ2n) is 2.09. The lowest BCUT2D eigenvalue weighted by atomic mass is 10.0. The van der Waals surface area contributed by atoms with Crippen LogP contribution < -0.4 is 0 Å². The molecule has 0 aromatic heterocycles. The van der Waals surface area contributed by atoms with Crippen LogP contribution in [0.25, 0.3) is 0 Å². The summed E-state index contributed by atoms with van der Waals surface area (Å²) in [4.78, 5) is 10.5. The van der Waals surface area contributed by atoms with Gasteiger partial charge in [-0.05, 0) is 6.42 Å². The largest absolute Gasteiger partial charge is 0.512 e. The van der Waals surface area contributed by atoms with Crippen LogP contribution in [0, 0.1) is 0 Å². The Balaban J connectivity index is 2.70. The van der Waals surface area contributed by atoms with Crippen molar-refractivity contribution in [3.63, 3.8) is 0 Å². The molecule has 1 aliphatic rings. The molecule has 0 aromatic carbocycles. The van der Waals surface area contributed by atoms with E-state index in [-0.39, 0.29) is 5.76 Å². The minimum Gasteiger partial charge on any atom is -0.512 e. The molecule has 2 N–H and O–H groups in total. The highest BCUT2D eigenvalue weighted by atomic mass is 16.3. The predicted octanol–water partition coefficient (Wildman–Crippen LogP) is 0.152. The van der Waals surface area contributed by atoms with Gasteiger partial charge < -0.3 is 10.2 Å². The van der Waals surface area contributed by atoms with Crippen molar-refractivity contribution in [3.8, 4) is 0 Å². The van der Waals surface area contributed by atoms with Crippen LogP contribution in [0.2, 0.25) is 0 Å². The molecular formula is C6H8O3. The van der Waals surface area contributed by atoms with E-state index >= 15 is 0 Å². The minimum atomic E-state index is -0.888. The van der Waals surface area contributed by atoms with Gasteiger partial charge in [-0.1, -0.05) is 0 Å². The Labute approximate surface area is 52.6 Å². The summed E-state index contributed by atoms with van der Waals surface area (Å²) < 4.78 is 0. The van der Waals surface area contributed by atoms with E-state index in [1.54, 1.807) is 0 Å². The summed E-state index contributed by atoms with van der Waals surface area (Å²) in [7, 11) is 0. The number of aliphatic hydroxyl groups excluding tert-OH is 2. The maximum absolute atomic E-state index is 10.5. The van der Waals surface area contributed by atoms with Gasteiger partial charge in [-0.3, -0.25) is 4.79 Å². The first-order valence-electron chi connectivity index (χ1n) is 2.81. The van der Waals surface area contributed by atoms with Crippen molar-refractivity contribution >= 4 is 5.78 Å². The molecule has 0 bridgehead atoms. The van der Waals surface area contributed by atoms with Crippen molar-refractivity contribution in [2.45, 2.75) is 18.9 Å². The van der Waals surface area contributed by atoms with E-state index in [9.17, 15) is 4.79 Å². The Bertz CT molecular complexity index is 160. The topological polar surface area (TPSA) is 57.5 Å². The van der Waals surface area contributed by atoms with Crippen molar-refractivity contribution in [1.29, 1.82) is 0 Å². The lowest BCUT2D eigenvalue weighted by molar-refractivity contribution is -0.123. The maximum atomic E-state index is 10.5. The smallest absolute Gasteiger partial charge is 0.187 e. The number of carbonyl (C=O) groups is 1. The maximum Gasteiger partial charge on any atom is 0.187 e. The molecule has 0 spiro atoms. The fourth-order valence-corrected chi connectivity index (χ4v) is 0.759. The third-order valence-corrected chi connectivity index (χ3v) is 1.31. The fraction of sp³-hybridized carbons (Fsp3) is 0.500. The average molecular weight is 128 g/mol. The zero-order valence-corrected chi connectivity index (χ0v) is 4.87. The number of allylic oxidation sites excluding steroid dienone is 1. The Hall–Kier alpha value is -0.830. The third-order valence-electron chi connectivity index (χ3n) is 1.31. The lowest BCUT2D eigenvalue weighted by Gasteiger charge is -2.11. The molecule has 50 valence electrons. The summed E-state index contributed by atoms with van der Waals surface area (Å²) >= 11 is 0. The second kappa shape index (κ2) is 2.19. The van der Waals surface area contributed by atoms with Crippen LogP contribution in [0.4, 0.5) is 0 Å². The summed E-state index contributed by atoms with van der Waals surface area (Å²) in [6, 6.07) is 0. The minimum absolute atomic E-state index is 0.0744. The predicted molar refractivity (Wildman–Crippen MR) is 31.0 cm³/mol. The van der Waals surface area contributed by atoms with E-state index < -0.39 is 11.9 Å². The fourth-order valence-electron chi connectivity index (χ4n) is 0.759. The van der Waals surface area contributed by atoms with Gasteiger partial charge in [-0.15, -0.1) is 0 Å². The normalized spacial score (nSPS) is 27.9. The van der Waals surface area contributed by atoms with E-state index in [1.807, 2.05) is 0 Å². The molecule has 0 aromatic rings. The first-order chi connectivity index (χ1) is 4.20. The first kappa shape index (κ1) is 6.29. The van der Waals surface area contributed by atoms with Gasteiger partial charge in [-0.25, -0.2) is 0 Å². The van der Waals surface area contributed by atoms with Crippen molar-refractivity contribution in [1.82, 2.24) is 0 Å². The Morgan fingerprint density at radius 3 is 2.78 bits per heavy atom. The quantitative estimate of drug-likeness (QED) is 0.488. The number of ketones is 1. The highest BCUT2D eigenvalue weighted by molar-refractivity contribution is 5.94. The number of rotatable bonds is 0. The first-order valence-corrected chi connectivity index (χ1v) is 2.81. The monoisotopic (exact) mass is 128 g/mol. The van der Waals surface area contributed by atoms with Gasteiger partial charge in [0, 0.05) is 12.5 Å². The number of hydrogen-bond acceptors (Lipinski definition) is 3. The molecular weight excluding hydrogens is 120 g/mol. The molecule has 3 nitrogen and oxygen atoms in total. The molecule has 1 unspecified atom stereocenters. The molecule has 1 aliphatic carbocycles. The Morgan fingerprint density at radius 2 is 2.33 bits per heavy atom. The molecule has 1 atom stereocenters. The van der Waals surface area contributed by atoms with Gasteiger partial charge in [0.1, 0.15) is 6.10 Å². The van der Waals surface area contributed by atoms with Gasteiger partial charge in [0.05, 0.1) is 5.76 Å². The van der Waals surface area contributed by atoms with Crippen molar-refractivity contribution in [3.05, 3.63) is 11.8 Å². The molecule has 0 aliphatic heterocycles. The Kier molecular flexibility index (Phi) is 1.53. The van der Waals surface area contributed by atoms with Crippen LogP contribution in [0.5, 0.6) is 0 Å². The zero-order chi connectivity index (χ0) is 6.85. The molecule has 0 radical (unpaired) electrons. The summed E-state index contributed by atoms with van der Waals surface area (Å²) in [5, 5.41) is 17.5. The van der Waals surface area contributed by atoms with E-state index in [4.69, 9.17) is 10.2 Å². The highest BCUT2D eigenvalue weighted by Crippen LogP contribution is 2.12. The summed E-state index contributed by atoms with van der Waals surface area (Å²) in [5.74, 6) is -0.316. The second-order valence-corrected chi connectivity index (χ2v) is 2.09. The lowest BCUT2D eigenvalue weighted by Crippen LogP contribution is -2.22. The zero-order valence-electron chi connectivity index (χ0n) is 4.87. The third kappa shape index (κ3) is 1.29. The molecule has 3 heteroatoms. The highest BCUT2D eigenvalue weighted by Gasteiger charge is 2.18. The summed E-state index contributed by atoms with van der Waals surface area (Å²) in [5.41, 5.74) is 0. The van der Waals surface area contributed by atoms with Crippen LogP contribution in [-0.2, 0) is 4.79 Å². The van der Waals surface area contributed by atoms with E-state index in [0.29, 0.717) is 12.8 Å². The number of aliphatic hydroxyl groups is 2. The van der Waals surface area contributed by atoms with Crippen molar-refractivity contribution in [2.24, 2.45) is 0 Å². The van der Waals surface area contributed by atoms with Crippen molar-refractivity contribution < 1.29 is 15.0 Å². The van der Waals surface area contributed by atoms with Gasteiger partial charge in [0.25, 0.3) is 0 Å². The molecule has 0 saturated carbocycles. The van der Waals surface area contributed by atoms with E-state index in [0.717, 1.165) is 6.08 Å². The van der Waals surface area contributed by atoms with Gasteiger partial charge in [0.15, 0.2) is 5.78 Å². The number of carbonyl (C=O) groups excluding carboxylic acids is 1. The standard InChI is InChI=1S/C6H8O3/c7-4-1-2-5(8)6(9)3-4/h3,5,7-8H,1-2H2. The molecule has 1 rings (SSSR count). The number of hydrogen-bond donors (Lipinski definition) is 2. The van der Waals surface area contributed by atoms with Crippen LogP contribution >= 0.6 is 0 Å². The average Bonchev–Trinajstić information content (AvgIpc) is 1.80. The molecule has 0 amide bonds. The molecule has 0 fully saturated rings. The molecule has 9 heavy (non-hydrogen) atoms. The van der Waals surface area contributed by atoms with Gasteiger partial charge in [0.2, 0.25) is 0 Å². The van der Waals surface area contributed by atoms with Crippen molar-refractivity contribution in [2.75, 3.05) is 0 Å². The summed E-state index contributed by atoms with van der Waals surface area (Å²) in [6.45, 7) is 0. The van der Waals surface area contributed by atoms with Gasteiger partial charge in [-0.2, -0.15) is 0 Å². The van der Waals surface area contributed by atoms with E-state index in [1.165, 1.54) is 0 Å². The van der Waals surface area contributed by atoms with Gasteiger partial charge >= 0.3 is 0 Å². The molecule has 0 saturated heterocycles.